The summed E-state index contributed by atoms with van der Waals surface area (Å²) in [7, 11) is 3.46. The van der Waals surface area contributed by atoms with Gasteiger partial charge < -0.3 is 5.73 Å². The van der Waals surface area contributed by atoms with E-state index < -0.39 is 0 Å². The average Bonchev–Trinajstić information content (AvgIpc) is 2.54. The maximum Gasteiger partial charge on any atom is 0.0737 e. The minimum absolute atomic E-state index is 0. The summed E-state index contributed by atoms with van der Waals surface area (Å²) in [5, 5.41) is 1.37. The number of rotatable bonds is 1. The Kier molecular flexibility index (Phi) is 4.03. The van der Waals surface area contributed by atoms with E-state index in [-0.39, 0.29) is 12.4 Å². The summed E-state index contributed by atoms with van der Waals surface area (Å²) in [5.74, 6) is 0. The molecule has 0 aromatic heterocycles. The first-order valence-corrected chi connectivity index (χ1v) is 5.93. The number of hydrogen-bond acceptors (Lipinski definition) is 3. The zero-order valence-corrected chi connectivity index (χ0v) is 9.29. The van der Waals surface area contributed by atoms with Crippen molar-refractivity contribution in [2.24, 2.45) is 5.73 Å². The van der Waals surface area contributed by atoms with Crippen LogP contribution in [0, 0.1) is 0 Å². The molecule has 13 heavy (non-hydrogen) atoms. The number of benzene rings is 1. The molecule has 0 radical (unpaired) electrons. The lowest BCUT2D eigenvalue weighted by Gasteiger charge is -2.03. The summed E-state index contributed by atoms with van der Waals surface area (Å²) in [5.41, 5.74) is 6.99. The van der Waals surface area contributed by atoms with Crippen LogP contribution in [-0.2, 0) is 0 Å². The summed E-state index contributed by atoms with van der Waals surface area (Å²) in [6.45, 7) is 0. The van der Waals surface area contributed by atoms with Gasteiger partial charge in [-0.3, -0.25) is 0 Å². The standard InChI is InChI=1S/C9H9NS2.ClH/c10-9-6-8(11-12-9)7-4-2-1-3-5-7;/h1-6,8H,10H2;1H. The minimum atomic E-state index is 0. The second-order valence-electron chi connectivity index (χ2n) is 2.58. The Morgan fingerprint density at radius 3 is 2.38 bits per heavy atom. The number of nitrogens with two attached hydrogens (primary N) is 1. The molecule has 0 bridgehead atoms. The summed E-state index contributed by atoms with van der Waals surface area (Å²) in [6.07, 6.45) is 2.10. The van der Waals surface area contributed by atoms with Gasteiger partial charge in [-0.05, 0) is 22.4 Å². The maximum absolute atomic E-state index is 5.67. The molecule has 2 N–H and O–H groups in total. The zero-order chi connectivity index (χ0) is 8.39. The molecule has 0 amide bonds. The van der Waals surface area contributed by atoms with Crippen molar-refractivity contribution in [2.45, 2.75) is 5.25 Å². The van der Waals surface area contributed by atoms with E-state index >= 15 is 0 Å². The third-order valence-electron chi connectivity index (χ3n) is 1.69. The van der Waals surface area contributed by atoms with Crippen molar-refractivity contribution in [1.29, 1.82) is 0 Å². The second-order valence-corrected chi connectivity index (χ2v) is 5.00. The molecule has 1 aliphatic rings. The van der Waals surface area contributed by atoms with Gasteiger partial charge in [0.05, 0.1) is 10.3 Å². The smallest absolute Gasteiger partial charge is 0.0737 e. The van der Waals surface area contributed by atoms with Gasteiger partial charge >= 0.3 is 0 Å². The molecule has 0 aliphatic carbocycles. The molecule has 1 atom stereocenters. The van der Waals surface area contributed by atoms with Crippen LogP contribution < -0.4 is 5.73 Å². The lowest BCUT2D eigenvalue weighted by molar-refractivity contribution is 1.23. The molecule has 1 heterocycles. The predicted molar refractivity (Wildman–Crippen MR) is 63.9 cm³/mol. The lowest BCUT2D eigenvalue weighted by Crippen LogP contribution is -1.88. The molecular formula is C9H10ClNS2. The first-order valence-electron chi connectivity index (χ1n) is 3.72. The van der Waals surface area contributed by atoms with Gasteiger partial charge in [-0.15, -0.1) is 12.4 Å². The Labute approximate surface area is 92.0 Å². The molecule has 1 aromatic carbocycles. The van der Waals surface area contributed by atoms with Crippen LogP contribution in [0.25, 0.3) is 0 Å². The minimum Gasteiger partial charge on any atom is -0.393 e. The largest absolute Gasteiger partial charge is 0.393 e. The Morgan fingerprint density at radius 2 is 1.85 bits per heavy atom. The second kappa shape index (κ2) is 4.84. The van der Waals surface area contributed by atoms with E-state index in [4.69, 9.17) is 5.73 Å². The normalized spacial score (nSPS) is 20.6. The van der Waals surface area contributed by atoms with E-state index in [0.29, 0.717) is 5.25 Å². The van der Waals surface area contributed by atoms with Crippen LogP contribution in [0.1, 0.15) is 10.8 Å². The molecule has 70 valence electrons. The fourth-order valence-corrected chi connectivity index (χ4v) is 3.38. The van der Waals surface area contributed by atoms with Crippen LogP contribution in [-0.4, -0.2) is 0 Å². The molecule has 0 spiro atoms. The molecule has 1 unspecified atom stereocenters. The zero-order valence-electron chi connectivity index (χ0n) is 6.84. The quantitative estimate of drug-likeness (QED) is 0.751. The van der Waals surface area contributed by atoms with Gasteiger partial charge in [0.2, 0.25) is 0 Å². The van der Waals surface area contributed by atoms with Crippen molar-refractivity contribution in [2.75, 3.05) is 0 Å². The summed E-state index contributed by atoms with van der Waals surface area (Å²) < 4.78 is 0. The Bertz CT molecular complexity index is 300. The summed E-state index contributed by atoms with van der Waals surface area (Å²) in [4.78, 5) is 0. The molecular weight excluding hydrogens is 222 g/mol. The molecule has 0 saturated carbocycles. The Morgan fingerprint density at radius 1 is 1.15 bits per heavy atom. The van der Waals surface area contributed by atoms with E-state index in [1.54, 1.807) is 21.6 Å². The van der Waals surface area contributed by atoms with Crippen molar-refractivity contribution < 1.29 is 0 Å². The summed E-state index contributed by atoms with van der Waals surface area (Å²) in [6, 6.07) is 10.4. The van der Waals surface area contributed by atoms with Crippen molar-refractivity contribution >= 4 is 34.0 Å². The van der Waals surface area contributed by atoms with E-state index in [1.807, 2.05) is 6.07 Å². The third-order valence-corrected chi connectivity index (χ3v) is 4.22. The van der Waals surface area contributed by atoms with Crippen molar-refractivity contribution in [3.8, 4) is 0 Å². The SMILES string of the molecule is Cl.NC1=CC(c2ccccc2)SS1. The van der Waals surface area contributed by atoms with E-state index in [0.717, 1.165) is 5.03 Å². The van der Waals surface area contributed by atoms with Gasteiger partial charge in [0.15, 0.2) is 0 Å². The summed E-state index contributed by atoms with van der Waals surface area (Å²) >= 11 is 0. The van der Waals surface area contributed by atoms with Crippen LogP contribution >= 0.6 is 34.0 Å². The van der Waals surface area contributed by atoms with Gasteiger partial charge in [0.1, 0.15) is 0 Å². The van der Waals surface area contributed by atoms with Crippen molar-refractivity contribution in [3.63, 3.8) is 0 Å². The predicted octanol–water partition coefficient (Wildman–Crippen LogP) is 3.34. The fourth-order valence-electron chi connectivity index (χ4n) is 1.11. The highest BCUT2D eigenvalue weighted by Gasteiger charge is 2.16. The van der Waals surface area contributed by atoms with Crippen LogP contribution in [0.5, 0.6) is 0 Å². The fraction of sp³-hybridized carbons (Fsp3) is 0.111. The Balaban J connectivity index is 0.000000845. The van der Waals surface area contributed by atoms with Crippen LogP contribution in [0.4, 0.5) is 0 Å². The molecule has 2 rings (SSSR count). The highest BCUT2D eigenvalue weighted by atomic mass is 35.5. The van der Waals surface area contributed by atoms with Gasteiger partial charge in [0, 0.05) is 0 Å². The number of halogens is 1. The molecule has 1 aliphatic heterocycles. The topological polar surface area (TPSA) is 26.0 Å². The van der Waals surface area contributed by atoms with Gasteiger partial charge in [-0.1, -0.05) is 41.1 Å². The van der Waals surface area contributed by atoms with E-state index in [1.165, 1.54) is 5.56 Å². The molecule has 0 fully saturated rings. The first kappa shape index (κ1) is 10.8. The van der Waals surface area contributed by atoms with Crippen molar-refractivity contribution in [3.05, 3.63) is 47.0 Å². The van der Waals surface area contributed by atoms with Gasteiger partial charge in [0.25, 0.3) is 0 Å². The molecule has 4 heteroatoms. The van der Waals surface area contributed by atoms with Crippen LogP contribution in [0.3, 0.4) is 0 Å². The van der Waals surface area contributed by atoms with Gasteiger partial charge in [-0.2, -0.15) is 0 Å². The molecule has 0 saturated heterocycles. The third kappa shape index (κ3) is 2.59. The highest BCUT2D eigenvalue weighted by molar-refractivity contribution is 8.78. The molecule has 1 nitrogen and oxygen atoms in total. The molecule has 1 aromatic rings. The average molecular weight is 232 g/mol. The first-order chi connectivity index (χ1) is 5.86. The monoisotopic (exact) mass is 231 g/mol. The number of hydrogen-bond donors (Lipinski definition) is 1. The van der Waals surface area contributed by atoms with Gasteiger partial charge in [-0.25, -0.2) is 0 Å². The lowest BCUT2D eigenvalue weighted by atomic mass is 10.1. The van der Waals surface area contributed by atoms with E-state index in [2.05, 4.69) is 30.3 Å². The van der Waals surface area contributed by atoms with E-state index in [9.17, 15) is 0 Å². The Hall–Kier alpha value is -0.250. The van der Waals surface area contributed by atoms with Crippen molar-refractivity contribution in [1.82, 2.24) is 0 Å². The maximum atomic E-state index is 5.67. The van der Waals surface area contributed by atoms with Crippen LogP contribution in [0.2, 0.25) is 0 Å². The highest BCUT2D eigenvalue weighted by Crippen LogP contribution is 2.48. The van der Waals surface area contributed by atoms with Crippen LogP contribution in [0.15, 0.2) is 41.4 Å².